The molecule has 0 spiro atoms. The van der Waals surface area contributed by atoms with Gasteiger partial charge in [0.05, 0.1) is 11.6 Å². The molecule has 2 N–H and O–H groups in total. The summed E-state index contributed by atoms with van der Waals surface area (Å²) in [6, 6.07) is 23.8. The molecule has 1 fully saturated rings. The van der Waals surface area contributed by atoms with E-state index in [0.717, 1.165) is 10.8 Å². The summed E-state index contributed by atoms with van der Waals surface area (Å²) in [4.78, 5) is 27.7. The lowest BCUT2D eigenvalue weighted by Gasteiger charge is -2.25. The highest BCUT2D eigenvalue weighted by molar-refractivity contribution is 6.46. The highest BCUT2D eigenvalue weighted by atomic mass is 19.1. The van der Waals surface area contributed by atoms with Crippen LogP contribution in [0.5, 0.6) is 5.75 Å². The number of ketones is 1. The van der Waals surface area contributed by atoms with Gasteiger partial charge in [-0.05, 0) is 46.2 Å². The second kappa shape index (κ2) is 8.48. The summed E-state index contributed by atoms with van der Waals surface area (Å²) < 4.78 is 13.4. The molecule has 1 unspecified atom stereocenters. The summed E-state index contributed by atoms with van der Waals surface area (Å²) in [5.41, 5.74) is 1.47. The fourth-order valence-corrected chi connectivity index (χ4v) is 4.45. The maximum Gasteiger partial charge on any atom is 0.295 e. The molecule has 0 bridgehead atoms. The van der Waals surface area contributed by atoms with E-state index in [-0.39, 0.29) is 23.6 Å². The Balaban J connectivity index is 1.70. The molecule has 4 aromatic rings. The molecule has 168 valence electrons. The minimum atomic E-state index is -0.934. The number of carbonyl (C=O) groups is 2. The van der Waals surface area contributed by atoms with Gasteiger partial charge in [-0.15, -0.1) is 0 Å². The molecule has 6 heteroatoms. The maximum atomic E-state index is 13.4. The molecule has 0 aromatic heterocycles. The van der Waals surface area contributed by atoms with Gasteiger partial charge in [0.25, 0.3) is 11.7 Å². The molecule has 0 radical (unpaired) electrons. The van der Waals surface area contributed by atoms with Crippen molar-refractivity contribution >= 4 is 28.2 Å². The minimum absolute atomic E-state index is 0.0253. The number of rotatable bonds is 4. The van der Waals surface area contributed by atoms with E-state index in [0.29, 0.717) is 16.7 Å². The lowest BCUT2D eigenvalue weighted by atomic mass is 9.93. The van der Waals surface area contributed by atoms with Gasteiger partial charge in [-0.2, -0.15) is 0 Å². The average Bonchev–Trinajstić information content (AvgIpc) is 3.09. The molecule has 5 rings (SSSR count). The fourth-order valence-electron chi connectivity index (χ4n) is 4.45. The van der Waals surface area contributed by atoms with Crippen molar-refractivity contribution < 1.29 is 24.2 Å². The highest BCUT2D eigenvalue weighted by Gasteiger charge is 2.46. The summed E-state index contributed by atoms with van der Waals surface area (Å²) in [7, 11) is 0. The molecule has 1 heterocycles. The first kappa shape index (κ1) is 21.4. The lowest BCUT2D eigenvalue weighted by molar-refractivity contribution is -0.140. The monoisotopic (exact) mass is 453 g/mol. The second-order valence-electron chi connectivity index (χ2n) is 8.18. The summed E-state index contributed by atoms with van der Waals surface area (Å²) >= 11 is 0. The van der Waals surface area contributed by atoms with E-state index >= 15 is 0 Å². The van der Waals surface area contributed by atoms with Gasteiger partial charge < -0.3 is 15.1 Å². The quantitative estimate of drug-likeness (QED) is 0.250. The first-order chi connectivity index (χ1) is 16.4. The Morgan fingerprint density at radius 1 is 0.882 bits per heavy atom. The minimum Gasteiger partial charge on any atom is -0.508 e. The SMILES string of the molecule is O=C1C(=O)N(Cc2ccc(F)cc2)C(c2cccc(O)c2)/C1=C(/O)c1cccc2ccccc12. The van der Waals surface area contributed by atoms with Gasteiger partial charge in [0.2, 0.25) is 0 Å². The number of phenols is 1. The van der Waals surface area contributed by atoms with E-state index in [9.17, 15) is 24.2 Å². The Bertz CT molecular complexity index is 1450. The number of aliphatic hydroxyl groups is 1. The third kappa shape index (κ3) is 3.69. The number of hydrogen-bond acceptors (Lipinski definition) is 4. The lowest BCUT2D eigenvalue weighted by Crippen LogP contribution is -2.29. The number of nitrogens with zero attached hydrogens (tertiary/aromatic N) is 1. The second-order valence-corrected chi connectivity index (χ2v) is 8.18. The fraction of sp³-hybridized carbons (Fsp3) is 0.0714. The van der Waals surface area contributed by atoms with Crippen molar-refractivity contribution in [1.82, 2.24) is 4.90 Å². The van der Waals surface area contributed by atoms with Crippen molar-refractivity contribution in [3.63, 3.8) is 0 Å². The van der Waals surface area contributed by atoms with Gasteiger partial charge in [-0.3, -0.25) is 9.59 Å². The molecule has 0 aliphatic carbocycles. The number of halogens is 1. The molecule has 0 saturated carbocycles. The van der Waals surface area contributed by atoms with Gasteiger partial charge in [0.15, 0.2) is 0 Å². The van der Waals surface area contributed by atoms with E-state index in [4.69, 9.17) is 0 Å². The zero-order valence-electron chi connectivity index (χ0n) is 18.0. The number of hydrogen-bond donors (Lipinski definition) is 2. The number of benzene rings is 4. The molecule has 5 nitrogen and oxygen atoms in total. The molecular weight excluding hydrogens is 433 g/mol. The van der Waals surface area contributed by atoms with E-state index in [1.54, 1.807) is 36.4 Å². The van der Waals surface area contributed by atoms with Crippen molar-refractivity contribution in [2.45, 2.75) is 12.6 Å². The molecule has 4 aromatic carbocycles. The van der Waals surface area contributed by atoms with Crippen LogP contribution in [-0.4, -0.2) is 26.8 Å². The van der Waals surface area contributed by atoms with Gasteiger partial charge >= 0.3 is 0 Å². The number of aromatic hydroxyl groups is 1. The molecule has 34 heavy (non-hydrogen) atoms. The Morgan fingerprint density at radius 3 is 2.35 bits per heavy atom. The average molecular weight is 453 g/mol. The highest BCUT2D eigenvalue weighted by Crippen LogP contribution is 2.41. The number of phenolic OH excluding ortho intramolecular Hbond substituents is 1. The van der Waals surface area contributed by atoms with Crippen LogP contribution in [0.1, 0.15) is 22.7 Å². The van der Waals surface area contributed by atoms with E-state index in [1.165, 1.54) is 29.2 Å². The van der Waals surface area contributed by atoms with Crippen LogP contribution in [-0.2, 0) is 16.1 Å². The van der Waals surface area contributed by atoms with Crippen LogP contribution < -0.4 is 0 Å². The Kier molecular flexibility index (Phi) is 5.34. The number of likely N-dealkylation sites (tertiary alicyclic amines) is 1. The van der Waals surface area contributed by atoms with Crippen LogP contribution >= 0.6 is 0 Å². The van der Waals surface area contributed by atoms with Crippen LogP contribution in [0.15, 0.2) is 96.6 Å². The zero-order valence-corrected chi connectivity index (χ0v) is 18.0. The van der Waals surface area contributed by atoms with Gasteiger partial charge in [0.1, 0.15) is 17.3 Å². The number of aliphatic hydroxyl groups excluding tert-OH is 1. The van der Waals surface area contributed by atoms with Crippen molar-refractivity contribution in [1.29, 1.82) is 0 Å². The predicted molar refractivity (Wildman–Crippen MR) is 126 cm³/mol. The van der Waals surface area contributed by atoms with Crippen LogP contribution in [0.4, 0.5) is 4.39 Å². The molecule has 1 aliphatic rings. The van der Waals surface area contributed by atoms with Crippen molar-refractivity contribution in [2.24, 2.45) is 0 Å². The molecular formula is C28H20FNO4. The molecule has 1 saturated heterocycles. The smallest absolute Gasteiger partial charge is 0.295 e. The van der Waals surface area contributed by atoms with Crippen molar-refractivity contribution in [3.05, 3.63) is 119 Å². The molecule has 1 aliphatic heterocycles. The van der Waals surface area contributed by atoms with Gasteiger partial charge in [-0.1, -0.05) is 66.7 Å². The van der Waals surface area contributed by atoms with Crippen molar-refractivity contribution in [2.75, 3.05) is 0 Å². The van der Waals surface area contributed by atoms with Crippen LogP contribution in [0, 0.1) is 5.82 Å². The van der Waals surface area contributed by atoms with Crippen LogP contribution in [0.25, 0.3) is 16.5 Å². The number of carbonyl (C=O) groups excluding carboxylic acids is 2. The summed E-state index contributed by atoms with van der Waals surface area (Å²) in [6.45, 7) is 0.0253. The number of amides is 1. The van der Waals surface area contributed by atoms with Crippen molar-refractivity contribution in [3.8, 4) is 5.75 Å². The van der Waals surface area contributed by atoms with Gasteiger partial charge in [-0.25, -0.2) is 4.39 Å². The standard InChI is InChI=1S/C28H20FNO4/c29-20-13-11-17(12-14-20)16-30-25(19-7-3-8-21(31)15-19)24(27(33)28(30)34)26(32)23-10-4-6-18-5-1-2-9-22(18)23/h1-15,25,31-32H,16H2/b26-24-. The number of Topliss-reactive ketones (excluding diaryl/α,β-unsaturated/α-hetero) is 1. The Hall–Kier alpha value is -4.45. The zero-order chi connectivity index (χ0) is 23.8. The summed E-state index contributed by atoms with van der Waals surface area (Å²) in [5.74, 6) is -2.33. The summed E-state index contributed by atoms with van der Waals surface area (Å²) in [6.07, 6.45) is 0. The first-order valence-electron chi connectivity index (χ1n) is 10.7. The Labute approximate surface area is 195 Å². The third-order valence-corrected chi connectivity index (χ3v) is 6.04. The van der Waals surface area contributed by atoms with E-state index < -0.39 is 23.5 Å². The maximum absolute atomic E-state index is 13.4. The predicted octanol–water partition coefficient (Wildman–Crippen LogP) is 5.31. The normalized spacial score (nSPS) is 17.4. The van der Waals surface area contributed by atoms with E-state index in [1.807, 2.05) is 30.3 Å². The molecule has 1 amide bonds. The third-order valence-electron chi connectivity index (χ3n) is 6.04. The Morgan fingerprint density at radius 2 is 1.59 bits per heavy atom. The molecule has 1 atom stereocenters. The van der Waals surface area contributed by atoms with Crippen LogP contribution in [0.3, 0.4) is 0 Å². The largest absolute Gasteiger partial charge is 0.508 e. The summed E-state index contributed by atoms with van der Waals surface area (Å²) in [5, 5.41) is 23.1. The van der Waals surface area contributed by atoms with Gasteiger partial charge in [0, 0.05) is 12.1 Å². The topological polar surface area (TPSA) is 77.8 Å². The van der Waals surface area contributed by atoms with Crippen LogP contribution in [0.2, 0.25) is 0 Å². The number of fused-ring (bicyclic) bond motifs is 1. The van der Waals surface area contributed by atoms with E-state index in [2.05, 4.69) is 0 Å². The first-order valence-corrected chi connectivity index (χ1v) is 10.7.